The number of anilines is 1. The van der Waals surface area contributed by atoms with E-state index in [1.165, 1.54) is 11.3 Å². The van der Waals surface area contributed by atoms with Gasteiger partial charge in [-0.05, 0) is 41.8 Å². The van der Waals surface area contributed by atoms with Gasteiger partial charge in [-0.1, -0.05) is 35.9 Å². The number of ether oxygens (including phenoxy) is 1. The molecule has 1 amide bonds. The minimum absolute atomic E-state index is 0.0345. The van der Waals surface area contributed by atoms with Gasteiger partial charge in [0.2, 0.25) is 5.91 Å². The third-order valence-electron chi connectivity index (χ3n) is 4.33. The van der Waals surface area contributed by atoms with Crippen LogP contribution in [0.3, 0.4) is 0 Å². The summed E-state index contributed by atoms with van der Waals surface area (Å²) < 4.78 is 5.38. The van der Waals surface area contributed by atoms with E-state index in [4.69, 9.17) is 16.3 Å². The van der Waals surface area contributed by atoms with Crippen LogP contribution < -0.4 is 10.2 Å². The van der Waals surface area contributed by atoms with Gasteiger partial charge in [0, 0.05) is 30.3 Å². The second kappa shape index (κ2) is 8.88. The van der Waals surface area contributed by atoms with Crippen LogP contribution in [0, 0.1) is 0 Å². The Hall–Kier alpha value is -2.04. The van der Waals surface area contributed by atoms with Gasteiger partial charge in [-0.2, -0.15) is 0 Å². The highest BCUT2D eigenvalue weighted by molar-refractivity contribution is 6.30. The number of hydrogen-bond donors (Lipinski definition) is 1. The lowest BCUT2D eigenvalue weighted by Crippen LogP contribution is -2.36. The van der Waals surface area contributed by atoms with Gasteiger partial charge in [-0.15, -0.1) is 0 Å². The molecule has 0 unspecified atom stereocenters. The summed E-state index contributed by atoms with van der Waals surface area (Å²) in [5.74, 6) is 0.0345. The quantitative estimate of drug-likeness (QED) is 0.862. The molecule has 0 aromatic heterocycles. The fourth-order valence-corrected chi connectivity index (χ4v) is 3.02. The first-order valence-corrected chi connectivity index (χ1v) is 9.01. The molecule has 132 valence electrons. The first-order chi connectivity index (χ1) is 12.2. The highest BCUT2D eigenvalue weighted by Crippen LogP contribution is 2.16. The Labute approximate surface area is 153 Å². The van der Waals surface area contributed by atoms with Crippen LogP contribution in [0.5, 0.6) is 0 Å². The van der Waals surface area contributed by atoms with Gasteiger partial charge in [0.1, 0.15) is 0 Å². The van der Waals surface area contributed by atoms with Crippen LogP contribution in [0.4, 0.5) is 5.69 Å². The van der Waals surface area contributed by atoms with E-state index in [2.05, 4.69) is 34.5 Å². The summed E-state index contributed by atoms with van der Waals surface area (Å²) in [6.07, 6.45) is 1.21. The Kier molecular flexibility index (Phi) is 6.31. The molecule has 0 radical (unpaired) electrons. The van der Waals surface area contributed by atoms with Crippen LogP contribution >= 0.6 is 11.6 Å². The maximum absolute atomic E-state index is 12.0. The number of morpholine rings is 1. The maximum Gasteiger partial charge on any atom is 0.224 e. The molecule has 1 N–H and O–H groups in total. The summed E-state index contributed by atoms with van der Waals surface area (Å²) >= 11 is 5.85. The van der Waals surface area contributed by atoms with Crippen molar-refractivity contribution in [2.75, 3.05) is 37.7 Å². The monoisotopic (exact) mass is 358 g/mol. The molecule has 0 bridgehead atoms. The van der Waals surface area contributed by atoms with Gasteiger partial charge in [-0.25, -0.2) is 0 Å². The third-order valence-corrected chi connectivity index (χ3v) is 4.58. The molecule has 1 heterocycles. The van der Waals surface area contributed by atoms with Gasteiger partial charge in [0.05, 0.1) is 19.6 Å². The fourth-order valence-electron chi connectivity index (χ4n) is 2.89. The number of carbonyl (C=O) groups is 1. The van der Waals surface area contributed by atoms with E-state index in [1.807, 2.05) is 12.1 Å². The molecule has 0 aliphatic carbocycles. The van der Waals surface area contributed by atoms with Crippen molar-refractivity contribution in [3.63, 3.8) is 0 Å². The van der Waals surface area contributed by atoms with E-state index in [1.54, 1.807) is 12.1 Å². The van der Waals surface area contributed by atoms with Gasteiger partial charge in [0.25, 0.3) is 0 Å². The molecular formula is C20H23ClN2O2. The maximum atomic E-state index is 12.0. The van der Waals surface area contributed by atoms with Gasteiger partial charge < -0.3 is 15.0 Å². The average Bonchev–Trinajstić information content (AvgIpc) is 2.65. The average molecular weight is 359 g/mol. The molecule has 1 aliphatic rings. The summed E-state index contributed by atoms with van der Waals surface area (Å²) in [5.41, 5.74) is 3.43. The molecular weight excluding hydrogens is 336 g/mol. The SMILES string of the molecule is O=C(Cc1ccc(Cl)cc1)NCCc1ccc(N2CCOCC2)cc1. The zero-order valence-electron chi connectivity index (χ0n) is 14.2. The molecule has 0 saturated carbocycles. The van der Waals surface area contributed by atoms with E-state index in [0.717, 1.165) is 38.3 Å². The Morgan fingerprint density at radius 3 is 2.32 bits per heavy atom. The Morgan fingerprint density at radius 1 is 1.00 bits per heavy atom. The number of nitrogens with zero attached hydrogens (tertiary/aromatic N) is 1. The lowest BCUT2D eigenvalue weighted by atomic mass is 10.1. The zero-order chi connectivity index (χ0) is 17.5. The molecule has 2 aromatic rings. The van der Waals surface area contributed by atoms with E-state index < -0.39 is 0 Å². The smallest absolute Gasteiger partial charge is 0.224 e. The largest absolute Gasteiger partial charge is 0.378 e. The fraction of sp³-hybridized carbons (Fsp3) is 0.350. The van der Waals surface area contributed by atoms with E-state index in [-0.39, 0.29) is 5.91 Å². The van der Waals surface area contributed by atoms with Crippen molar-refractivity contribution in [1.29, 1.82) is 0 Å². The molecule has 3 rings (SSSR count). The molecule has 2 aromatic carbocycles. The second-order valence-corrected chi connectivity index (χ2v) is 6.61. The first kappa shape index (κ1) is 17.8. The standard InChI is InChI=1S/C20H23ClN2O2/c21-18-5-1-17(2-6-18)15-20(24)22-10-9-16-3-7-19(8-4-16)23-11-13-25-14-12-23/h1-8H,9-15H2,(H,22,24). The Morgan fingerprint density at radius 2 is 1.64 bits per heavy atom. The van der Waals surface area contributed by atoms with Gasteiger partial charge in [-0.3, -0.25) is 4.79 Å². The number of hydrogen-bond acceptors (Lipinski definition) is 3. The number of carbonyl (C=O) groups excluding carboxylic acids is 1. The van der Waals surface area contributed by atoms with Gasteiger partial charge in [0.15, 0.2) is 0 Å². The minimum atomic E-state index is 0.0345. The van der Waals surface area contributed by atoms with Crippen LogP contribution in [0.2, 0.25) is 5.02 Å². The molecule has 25 heavy (non-hydrogen) atoms. The minimum Gasteiger partial charge on any atom is -0.378 e. The highest BCUT2D eigenvalue weighted by atomic mass is 35.5. The van der Waals surface area contributed by atoms with Crippen LogP contribution in [-0.2, 0) is 22.4 Å². The molecule has 1 fully saturated rings. The van der Waals surface area contributed by atoms with Crippen molar-refractivity contribution < 1.29 is 9.53 Å². The number of benzene rings is 2. The van der Waals surface area contributed by atoms with E-state index in [0.29, 0.717) is 18.0 Å². The topological polar surface area (TPSA) is 41.6 Å². The first-order valence-electron chi connectivity index (χ1n) is 8.63. The number of halogens is 1. The van der Waals surface area contributed by atoms with Crippen molar-refractivity contribution in [1.82, 2.24) is 5.32 Å². The lowest BCUT2D eigenvalue weighted by molar-refractivity contribution is -0.120. The second-order valence-electron chi connectivity index (χ2n) is 6.17. The molecule has 0 spiro atoms. The van der Waals surface area contributed by atoms with Crippen molar-refractivity contribution in [2.45, 2.75) is 12.8 Å². The summed E-state index contributed by atoms with van der Waals surface area (Å²) in [6, 6.07) is 15.9. The lowest BCUT2D eigenvalue weighted by Gasteiger charge is -2.28. The van der Waals surface area contributed by atoms with Crippen molar-refractivity contribution in [3.05, 3.63) is 64.7 Å². The van der Waals surface area contributed by atoms with Crippen molar-refractivity contribution in [3.8, 4) is 0 Å². The third kappa shape index (κ3) is 5.48. The predicted octanol–water partition coefficient (Wildman–Crippen LogP) is 3.08. The summed E-state index contributed by atoms with van der Waals surface area (Å²) in [7, 11) is 0. The van der Waals surface area contributed by atoms with Crippen LogP contribution in [0.25, 0.3) is 0 Å². The zero-order valence-corrected chi connectivity index (χ0v) is 15.0. The molecule has 1 aliphatic heterocycles. The predicted molar refractivity (Wildman–Crippen MR) is 101 cm³/mol. The summed E-state index contributed by atoms with van der Waals surface area (Å²) in [6.45, 7) is 4.12. The molecule has 0 atom stereocenters. The van der Waals surface area contributed by atoms with Crippen molar-refractivity contribution in [2.24, 2.45) is 0 Å². The summed E-state index contributed by atoms with van der Waals surface area (Å²) in [5, 5.41) is 3.66. The molecule has 1 saturated heterocycles. The number of rotatable bonds is 6. The van der Waals surface area contributed by atoms with Crippen LogP contribution in [0.15, 0.2) is 48.5 Å². The number of amides is 1. The summed E-state index contributed by atoms with van der Waals surface area (Å²) in [4.78, 5) is 14.3. The van der Waals surface area contributed by atoms with E-state index in [9.17, 15) is 4.79 Å². The Balaban J connectivity index is 1.42. The van der Waals surface area contributed by atoms with Crippen LogP contribution in [0.1, 0.15) is 11.1 Å². The van der Waals surface area contributed by atoms with Crippen molar-refractivity contribution >= 4 is 23.2 Å². The van der Waals surface area contributed by atoms with E-state index >= 15 is 0 Å². The molecule has 4 nitrogen and oxygen atoms in total. The highest BCUT2D eigenvalue weighted by Gasteiger charge is 2.10. The van der Waals surface area contributed by atoms with Crippen LogP contribution in [-0.4, -0.2) is 38.8 Å². The Bertz CT molecular complexity index is 680. The van der Waals surface area contributed by atoms with Gasteiger partial charge >= 0.3 is 0 Å². The molecule has 5 heteroatoms. The number of nitrogens with one attached hydrogen (secondary N) is 1. The normalized spacial score (nSPS) is 14.4.